The average Bonchev–Trinajstić information content (AvgIpc) is 2.63. The summed E-state index contributed by atoms with van der Waals surface area (Å²) in [5.41, 5.74) is 1.29. The summed E-state index contributed by atoms with van der Waals surface area (Å²) in [5.74, 6) is -0.0739. The molecule has 10 heteroatoms. The molecule has 28 heavy (non-hydrogen) atoms. The molecule has 0 fully saturated rings. The number of anilines is 1. The number of rotatable bonds is 6. The molecule has 1 atom stereocenters. The van der Waals surface area contributed by atoms with Crippen molar-refractivity contribution in [2.45, 2.75) is 16.4 Å². The van der Waals surface area contributed by atoms with Crippen LogP contribution in [0.25, 0.3) is 0 Å². The maximum absolute atomic E-state index is 13.0. The van der Waals surface area contributed by atoms with Crippen LogP contribution in [0.15, 0.2) is 48.5 Å². The van der Waals surface area contributed by atoms with E-state index >= 15 is 0 Å². The van der Waals surface area contributed by atoms with E-state index < -0.39 is 9.96 Å². The van der Waals surface area contributed by atoms with Gasteiger partial charge in [0.25, 0.3) is 0 Å². The maximum Gasteiger partial charge on any atom is 0.228 e. The van der Waals surface area contributed by atoms with Crippen molar-refractivity contribution in [3.8, 4) is 5.75 Å². The fourth-order valence-corrected chi connectivity index (χ4v) is 2.74. The molecule has 0 saturated carbocycles. The lowest BCUT2D eigenvalue weighted by molar-refractivity contribution is -0.121. The molecule has 0 radical (unpaired) electrons. The van der Waals surface area contributed by atoms with E-state index in [-0.39, 0.29) is 23.3 Å². The SMILES string of the molecule is COc1ccc(CC(=O)NC(NC(=S)Nc2ccc(F)cc2)C(Cl)(Cl)Cl)cc1. The van der Waals surface area contributed by atoms with Gasteiger partial charge in [-0.15, -0.1) is 0 Å². The van der Waals surface area contributed by atoms with Crippen LogP contribution >= 0.6 is 47.0 Å². The highest BCUT2D eigenvalue weighted by atomic mass is 35.6. The van der Waals surface area contributed by atoms with Gasteiger partial charge in [-0.2, -0.15) is 0 Å². The van der Waals surface area contributed by atoms with Gasteiger partial charge < -0.3 is 20.7 Å². The number of nitrogens with one attached hydrogen (secondary N) is 3. The zero-order valence-corrected chi connectivity index (χ0v) is 17.7. The van der Waals surface area contributed by atoms with Crippen LogP contribution in [-0.2, 0) is 11.2 Å². The molecule has 150 valence electrons. The van der Waals surface area contributed by atoms with Crippen LogP contribution in [-0.4, -0.2) is 28.1 Å². The standard InChI is InChI=1S/C18H17Cl3FN3O2S/c1-27-14-8-2-11(3-9-14)10-15(26)24-16(18(19,20)21)25-17(28)23-13-6-4-12(22)5-7-13/h2-9,16H,10H2,1H3,(H,24,26)(H2,23,25,28). The monoisotopic (exact) mass is 463 g/mol. The smallest absolute Gasteiger partial charge is 0.228 e. The van der Waals surface area contributed by atoms with E-state index in [0.717, 1.165) is 5.56 Å². The lowest BCUT2D eigenvalue weighted by Crippen LogP contribution is -2.56. The molecule has 2 aromatic carbocycles. The van der Waals surface area contributed by atoms with E-state index in [1.807, 2.05) is 0 Å². The number of benzene rings is 2. The Morgan fingerprint density at radius 1 is 1.11 bits per heavy atom. The van der Waals surface area contributed by atoms with Crippen LogP contribution in [0, 0.1) is 5.82 Å². The maximum atomic E-state index is 13.0. The van der Waals surface area contributed by atoms with Gasteiger partial charge in [-0.1, -0.05) is 46.9 Å². The molecular formula is C18H17Cl3FN3O2S. The third-order valence-corrected chi connectivity index (χ3v) is 4.41. The molecule has 0 aliphatic heterocycles. The molecule has 5 nitrogen and oxygen atoms in total. The van der Waals surface area contributed by atoms with Gasteiger partial charge in [0.2, 0.25) is 9.70 Å². The van der Waals surface area contributed by atoms with Gasteiger partial charge in [0, 0.05) is 5.69 Å². The topological polar surface area (TPSA) is 62.4 Å². The third kappa shape index (κ3) is 7.31. The molecule has 0 spiro atoms. The Kier molecular flexibility index (Phi) is 8.12. The number of methoxy groups -OCH3 is 1. The second-order valence-corrected chi connectivity index (χ2v) is 8.45. The van der Waals surface area contributed by atoms with E-state index in [1.54, 1.807) is 31.4 Å². The first-order chi connectivity index (χ1) is 13.2. The summed E-state index contributed by atoms with van der Waals surface area (Å²) in [6.45, 7) is 0. The zero-order chi connectivity index (χ0) is 20.7. The fraction of sp³-hybridized carbons (Fsp3) is 0.222. The largest absolute Gasteiger partial charge is 0.497 e. The first-order valence-corrected chi connectivity index (χ1v) is 9.53. The first kappa shape index (κ1) is 22.5. The predicted molar refractivity (Wildman–Crippen MR) is 115 cm³/mol. The predicted octanol–water partition coefficient (Wildman–Crippen LogP) is 4.18. The van der Waals surface area contributed by atoms with Gasteiger partial charge in [0.1, 0.15) is 17.7 Å². The molecule has 0 aliphatic rings. The molecule has 0 heterocycles. The molecule has 0 bridgehead atoms. The second kappa shape index (κ2) is 10.1. The van der Waals surface area contributed by atoms with Crippen LogP contribution in [0.1, 0.15) is 5.56 Å². The Morgan fingerprint density at radius 3 is 2.25 bits per heavy atom. The number of hydrogen-bond donors (Lipinski definition) is 3. The van der Waals surface area contributed by atoms with E-state index in [4.69, 9.17) is 51.8 Å². The molecule has 0 saturated heterocycles. The molecule has 1 unspecified atom stereocenters. The van der Waals surface area contributed by atoms with Crippen molar-refractivity contribution in [3.05, 3.63) is 59.9 Å². The minimum absolute atomic E-state index is 0.0705. The Labute approximate surface area is 182 Å². The van der Waals surface area contributed by atoms with Gasteiger partial charge in [0.15, 0.2) is 5.11 Å². The molecule has 0 aromatic heterocycles. The summed E-state index contributed by atoms with van der Waals surface area (Å²) >= 11 is 23.0. The first-order valence-electron chi connectivity index (χ1n) is 7.99. The van der Waals surface area contributed by atoms with Crippen LogP contribution in [0.3, 0.4) is 0 Å². The van der Waals surface area contributed by atoms with Crippen LogP contribution < -0.4 is 20.7 Å². The molecular weight excluding hydrogens is 448 g/mol. The van der Waals surface area contributed by atoms with Gasteiger partial charge in [-0.05, 0) is 54.2 Å². The number of carbonyl (C=O) groups is 1. The van der Waals surface area contributed by atoms with Crippen molar-refractivity contribution >= 4 is 63.7 Å². The second-order valence-electron chi connectivity index (χ2n) is 5.67. The van der Waals surface area contributed by atoms with Crippen LogP contribution in [0.2, 0.25) is 0 Å². The fourth-order valence-electron chi connectivity index (χ4n) is 2.17. The number of hydrogen-bond acceptors (Lipinski definition) is 3. The highest BCUT2D eigenvalue weighted by Crippen LogP contribution is 2.29. The molecule has 2 rings (SSSR count). The Balaban J connectivity index is 1.97. The molecule has 0 aliphatic carbocycles. The minimum atomic E-state index is -1.87. The third-order valence-electron chi connectivity index (χ3n) is 3.53. The average molecular weight is 465 g/mol. The van der Waals surface area contributed by atoms with E-state index in [1.165, 1.54) is 24.3 Å². The number of ether oxygens (including phenoxy) is 1. The summed E-state index contributed by atoms with van der Waals surface area (Å²) in [6.07, 6.45) is -1.02. The van der Waals surface area contributed by atoms with Crippen molar-refractivity contribution in [2.24, 2.45) is 0 Å². The van der Waals surface area contributed by atoms with Gasteiger partial charge in [0.05, 0.1) is 13.5 Å². The minimum Gasteiger partial charge on any atom is -0.497 e. The van der Waals surface area contributed by atoms with Gasteiger partial charge in [-0.3, -0.25) is 4.79 Å². The summed E-state index contributed by atoms with van der Waals surface area (Å²) in [4.78, 5) is 12.3. The summed E-state index contributed by atoms with van der Waals surface area (Å²) < 4.78 is 16.2. The lowest BCUT2D eigenvalue weighted by Gasteiger charge is -2.27. The van der Waals surface area contributed by atoms with Crippen LogP contribution in [0.5, 0.6) is 5.75 Å². The van der Waals surface area contributed by atoms with Gasteiger partial charge >= 0.3 is 0 Å². The van der Waals surface area contributed by atoms with Crippen molar-refractivity contribution in [1.29, 1.82) is 0 Å². The number of carbonyl (C=O) groups excluding carboxylic acids is 1. The van der Waals surface area contributed by atoms with E-state index in [0.29, 0.717) is 11.4 Å². The zero-order valence-electron chi connectivity index (χ0n) is 14.6. The Morgan fingerprint density at radius 2 is 1.71 bits per heavy atom. The van der Waals surface area contributed by atoms with Crippen molar-refractivity contribution in [2.75, 3.05) is 12.4 Å². The number of thiocarbonyl (C=S) groups is 1. The Bertz CT molecular complexity index is 814. The van der Waals surface area contributed by atoms with Crippen LogP contribution in [0.4, 0.5) is 10.1 Å². The van der Waals surface area contributed by atoms with Crippen molar-refractivity contribution in [1.82, 2.24) is 10.6 Å². The summed E-state index contributed by atoms with van der Waals surface area (Å²) in [5, 5.41) is 8.24. The highest BCUT2D eigenvalue weighted by Gasteiger charge is 2.34. The molecule has 3 N–H and O–H groups in total. The molecule has 2 aromatic rings. The normalized spacial score (nSPS) is 12.0. The number of amides is 1. The number of halogens is 4. The van der Waals surface area contributed by atoms with Gasteiger partial charge in [-0.25, -0.2) is 4.39 Å². The lowest BCUT2D eigenvalue weighted by atomic mass is 10.1. The Hall–Kier alpha value is -1.80. The quantitative estimate of drug-likeness (QED) is 0.340. The highest BCUT2D eigenvalue weighted by molar-refractivity contribution is 7.80. The summed E-state index contributed by atoms with van der Waals surface area (Å²) in [7, 11) is 1.56. The summed E-state index contributed by atoms with van der Waals surface area (Å²) in [6, 6.07) is 12.5. The number of alkyl halides is 3. The van der Waals surface area contributed by atoms with Crippen molar-refractivity contribution in [3.63, 3.8) is 0 Å². The molecule has 1 amide bonds. The van der Waals surface area contributed by atoms with Crippen molar-refractivity contribution < 1.29 is 13.9 Å². The van der Waals surface area contributed by atoms with E-state index in [9.17, 15) is 9.18 Å². The van der Waals surface area contributed by atoms with E-state index in [2.05, 4.69) is 16.0 Å².